The molecule has 0 aliphatic carbocycles. The van der Waals surface area contributed by atoms with E-state index in [1.54, 1.807) is 7.05 Å². The van der Waals surface area contributed by atoms with Gasteiger partial charge in [0, 0.05) is 63.0 Å². The van der Waals surface area contributed by atoms with Crippen molar-refractivity contribution >= 4 is 40.7 Å². The third-order valence-electron chi connectivity index (χ3n) is 4.52. The van der Waals surface area contributed by atoms with Crippen molar-refractivity contribution < 1.29 is 8.73 Å². The van der Waals surface area contributed by atoms with Crippen LogP contribution in [0.1, 0.15) is 11.5 Å². The summed E-state index contributed by atoms with van der Waals surface area (Å²) in [6.45, 7) is 7.05. The number of rotatable bonds is 6. The summed E-state index contributed by atoms with van der Waals surface area (Å²) in [5.74, 6) is 2.28. The molecule has 0 saturated carbocycles. The third kappa shape index (κ3) is 6.56. The molecule has 1 saturated heterocycles. The number of piperazine rings is 1. The van der Waals surface area contributed by atoms with Gasteiger partial charge in [0.1, 0.15) is 5.76 Å². The highest BCUT2D eigenvalue weighted by molar-refractivity contribution is 14.0. The van der Waals surface area contributed by atoms with E-state index in [-0.39, 0.29) is 24.0 Å². The molecule has 2 heterocycles. The number of halogens is 1. The van der Waals surface area contributed by atoms with Crippen LogP contribution < -0.4 is 5.32 Å². The average Bonchev–Trinajstić information content (AvgIpc) is 3.11. The van der Waals surface area contributed by atoms with Crippen LogP contribution in [0.2, 0.25) is 0 Å². The highest BCUT2D eigenvalue weighted by atomic mass is 127. The Morgan fingerprint density at radius 1 is 1.25 bits per heavy atom. The molecule has 1 aromatic carbocycles. The molecular formula is C19H28IN5O2S. The van der Waals surface area contributed by atoms with E-state index in [9.17, 15) is 4.21 Å². The van der Waals surface area contributed by atoms with Crippen molar-refractivity contribution in [2.75, 3.05) is 45.5 Å². The van der Waals surface area contributed by atoms with Crippen LogP contribution in [-0.2, 0) is 17.3 Å². The fraction of sp³-hybridized carbons (Fsp3) is 0.474. The van der Waals surface area contributed by atoms with Crippen LogP contribution in [0.3, 0.4) is 0 Å². The number of aliphatic imine (C=N–C) groups is 1. The predicted molar refractivity (Wildman–Crippen MR) is 123 cm³/mol. The van der Waals surface area contributed by atoms with Crippen molar-refractivity contribution in [3.63, 3.8) is 0 Å². The smallest absolute Gasteiger partial charge is 0.193 e. The van der Waals surface area contributed by atoms with Crippen LogP contribution in [0.25, 0.3) is 0 Å². The number of nitrogens with zero attached hydrogens (tertiary/aromatic N) is 4. The van der Waals surface area contributed by atoms with Gasteiger partial charge in [-0.05, 0) is 19.1 Å². The summed E-state index contributed by atoms with van der Waals surface area (Å²) in [4.78, 5) is 9.86. The number of aryl methyl sites for hydroxylation is 1. The van der Waals surface area contributed by atoms with Crippen molar-refractivity contribution in [2.45, 2.75) is 18.4 Å². The van der Waals surface area contributed by atoms with Gasteiger partial charge in [0.2, 0.25) is 0 Å². The van der Waals surface area contributed by atoms with Crippen LogP contribution in [0.4, 0.5) is 0 Å². The fourth-order valence-electron chi connectivity index (χ4n) is 3.12. The van der Waals surface area contributed by atoms with Gasteiger partial charge in [-0.1, -0.05) is 23.4 Å². The molecule has 1 aliphatic heterocycles. The predicted octanol–water partition coefficient (Wildman–Crippen LogP) is 2.10. The average molecular weight is 517 g/mol. The van der Waals surface area contributed by atoms with Gasteiger partial charge in [-0.15, -0.1) is 24.0 Å². The Balaban J connectivity index is 0.00000280. The number of aromatic nitrogens is 1. The van der Waals surface area contributed by atoms with Gasteiger partial charge in [0.15, 0.2) is 5.96 Å². The van der Waals surface area contributed by atoms with Crippen molar-refractivity contribution in [1.29, 1.82) is 0 Å². The summed E-state index contributed by atoms with van der Waals surface area (Å²) in [6.07, 6.45) is 0. The first kappa shape index (κ1) is 22.8. The lowest BCUT2D eigenvalue weighted by Crippen LogP contribution is -2.52. The van der Waals surface area contributed by atoms with Crippen molar-refractivity contribution in [1.82, 2.24) is 20.3 Å². The summed E-state index contributed by atoms with van der Waals surface area (Å²) < 4.78 is 17.4. The molecule has 1 atom stereocenters. The molecule has 0 amide bonds. The lowest BCUT2D eigenvalue weighted by molar-refractivity contribution is 0.169. The zero-order chi connectivity index (χ0) is 19.1. The summed E-state index contributed by atoms with van der Waals surface area (Å²) in [5.41, 5.74) is 0.979. The summed E-state index contributed by atoms with van der Waals surface area (Å²) >= 11 is 0. The minimum Gasteiger partial charge on any atom is -0.361 e. The van der Waals surface area contributed by atoms with Crippen LogP contribution >= 0.6 is 24.0 Å². The normalized spacial score (nSPS) is 16.5. The number of hydrogen-bond acceptors (Lipinski definition) is 5. The van der Waals surface area contributed by atoms with E-state index < -0.39 is 10.8 Å². The molecule has 1 unspecified atom stereocenters. The Hall–Kier alpha value is -1.46. The van der Waals surface area contributed by atoms with Crippen LogP contribution in [0.5, 0.6) is 0 Å². The minimum atomic E-state index is -0.993. The molecule has 1 N–H and O–H groups in total. The SMILES string of the molecule is CN=C(NCCS(=O)c1ccccc1)N1CCN(Cc2cc(C)on2)CC1.I. The largest absolute Gasteiger partial charge is 0.361 e. The van der Waals surface area contributed by atoms with E-state index in [4.69, 9.17) is 4.52 Å². The van der Waals surface area contributed by atoms with Crippen LogP contribution in [-0.4, -0.2) is 70.6 Å². The Kier molecular flexibility index (Phi) is 9.39. The van der Waals surface area contributed by atoms with Gasteiger partial charge in [0.25, 0.3) is 0 Å². The molecule has 1 aliphatic rings. The van der Waals surface area contributed by atoms with E-state index >= 15 is 0 Å². The van der Waals surface area contributed by atoms with E-state index in [0.29, 0.717) is 12.3 Å². The molecule has 3 rings (SSSR count). The quantitative estimate of drug-likeness (QED) is 0.360. The molecule has 1 aromatic heterocycles. The number of benzene rings is 1. The second kappa shape index (κ2) is 11.5. The third-order valence-corrected chi connectivity index (χ3v) is 5.90. The van der Waals surface area contributed by atoms with Gasteiger partial charge < -0.3 is 14.7 Å². The van der Waals surface area contributed by atoms with E-state index in [2.05, 4.69) is 25.3 Å². The first-order chi connectivity index (χ1) is 13.2. The molecule has 28 heavy (non-hydrogen) atoms. The standard InChI is InChI=1S/C19H27N5O2S.HI/c1-16-14-17(22-26-16)15-23-9-11-24(12-10-23)19(20-2)21-8-13-27(25)18-6-4-3-5-7-18;/h3-7,14H,8-13,15H2,1-2H3,(H,20,21);1H. The summed E-state index contributed by atoms with van der Waals surface area (Å²) in [7, 11) is 0.799. The first-order valence-electron chi connectivity index (χ1n) is 9.19. The number of guanidine groups is 1. The number of nitrogens with one attached hydrogen (secondary N) is 1. The monoisotopic (exact) mass is 517 g/mol. The zero-order valence-electron chi connectivity index (χ0n) is 16.3. The van der Waals surface area contributed by atoms with Crippen molar-refractivity contribution in [3.8, 4) is 0 Å². The summed E-state index contributed by atoms with van der Waals surface area (Å²) in [6, 6.07) is 11.6. The van der Waals surface area contributed by atoms with Gasteiger partial charge >= 0.3 is 0 Å². The molecule has 0 spiro atoms. The van der Waals surface area contributed by atoms with Crippen LogP contribution in [0, 0.1) is 6.92 Å². The lowest BCUT2D eigenvalue weighted by Gasteiger charge is -2.36. The fourth-order valence-corrected chi connectivity index (χ4v) is 4.10. The number of hydrogen-bond donors (Lipinski definition) is 1. The lowest BCUT2D eigenvalue weighted by atomic mass is 10.3. The zero-order valence-corrected chi connectivity index (χ0v) is 19.5. The van der Waals surface area contributed by atoms with Gasteiger partial charge in [0.05, 0.1) is 16.5 Å². The van der Waals surface area contributed by atoms with Gasteiger partial charge in [-0.25, -0.2) is 0 Å². The van der Waals surface area contributed by atoms with Gasteiger partial charge in [-0.3, -0.25) is 14.1 Å². The molecule has 154 valence electrons. The molecule has 0 bridgehead atoms. The Labute approximate surface area is 186 Å². The molecule has 9 heteroatoms. The van der Waals surface area contributed by atoms with E-state index in [1.807, 2.05) is 43.3 Å². The molecule has 1 fully saturated rings. The molecule has 2 aromatic rings. The van der Waals surface area contributed by atoms with Crippen molar-refractivity contribution in [2.24, 2.45) is 4.99 Å². The Bertz CT molecular complexity index is 776. The van der Waals surface area contributed by atoms with E-state index in [0.717, 1.165) is 55.0 Å². The maximum absolute atomic E-state index is 12.3. The minimum absolute atomic E-state index is 0. The molecule has 7 nitrogen and oxygen atoms in total. The van der Waals surface area contributed by atoms with Crippen molar-refractivity contribution in [3.05, 3.63) is 47.9 Å². The molecular weight excluding hydrogens is 489 g/mol. The maximum Gasteiger partial charge on any atom is 0.193 e. The van der Waals surface area contributed by atoms with E-state index in [1.165, 1.54) is 0 Å². The Morgan fingerprint density at radius 3 is 2.57 bits per heavy atom. The van der Waals surface area contributed by atoms with Gasteiger partial charge in [-0.2, -0.15) is 0 Å². The molecule has 0 radical (unpaired) electrons. The highest BCUT2D eigenvalue weighted by Gasteiger charge is 2.20. The Morgan fingerprint density at radius 2 is 1.96 bits per heavy atom. The topological polar surface area (TPSA) is 74.0 Å². The second-order valence-electron chi connectivity index (χ2n) is 6.53. The summed E-state index contributed by atoms with van der Waals surface area (Å²) in [5, 5.41) is 7.41. The first-order valence-corrected chi connectivity index (χ1v) is 10.5. The maximum atomic E-state index is 12.3. The van der Waals surface area contributed by atoms with Crippen LogP contribution in [0.15, 0.2) is 50.8 Å². The highest BCUT2D eigenvalue weighted by Crippen LogP contribution is 2.09. The second-order valence-corrected chi connectivity index (χ2v) is 8.10.